The molecule has 0 aliphatic heterocycles. The van der Waals surface area contributed by atoms with Gasteiger partial charge in [-0.2, -0.15) is 0 Å². The maximum absolute atomic E-state index is 9.43. The number of aromatic hydroxyl groups is 1. The molecule has 24 heavy (non-hydrogen) atoms. The Morgan fingerprint density at radius 3 is 2.62 bits per heavy atom. The Bertz CT molecular complexity index is 675. The first-order valence-corrected chi connectivity index (χ1v) is 12.2. The van der Waals surface area contributed by atoms with Crippen LogP contribution < -0.4 is 10.00 Å². The van der Waals surface area contributed by atoms with Crippen LogP contribution in [-0.4, -0.2) is 35.9 Å². The lowest BCUT2D eigenvalue weighted by Crippen LogP contribution is -2.40. The number of hydrogen-bond donors (Lipinski definition) is 3. The van der Waals surface area contributed by atoms with Crippen LogP contribution in [0.2, 0.25) is 25.7 Å². The molecule has 1 heterocycles. The summed E-state index contributed by atoms with van der Waals surface area (Å²) < 4.78 is 7.77. The van der Waals surface area contributed by atoms with E-state index in [0.717, 1.165) is 30.0 Å². The van der Waals surface area contributed by atoms with Gasteiger partial charge in [-0.25, -0.2) is 5.10 Å². The summed E-state index contributed by atoms with van der Waals surface area (Å²) in [6, 6.07) is 8.71. The predicted molar refractivity (Wildman–Crippen MR) is 96.6 cm³/mol. The third-order valence-electron chi connectivity index (χ3n) is 3.98. The lowest BCUT2D eigenvalue weighted by atomic mass is 10.2. The fourth-order valence-corrected chi connectivity index (χ4v) is 3.03. The van der Waals surface area contributed by atoms with Gasteiger partial charge >= 0.3 is 5.95 Å². The van der Waals surface area contributed by atoms with Crippen molar-refractivity contribution in [2.45, 2.75) is 51.3 Å². The van der Waals surface area contributed by atoms with Crippen molar-refractivity contribution in [2.24, 2.45) is 0 Å². The topological polar surface area (TPSA) is 74.0 Å². The molecular formula is C17H27N4O2Si+. The van der Waals surface area contributed by atoms with Gasteiger partial charge in [-0.05, 0) is 48.1 Å². The molecule has 0 spiro atoms. The Morgan fingerprint density at radius 1 is 1.29 bits per heavy atom. The molecule has 1 aliphatic carbocycles. The Kier molecular flexibility index (Phi) is 4.91. The zero-order valence-electron chi connectivity index (χ0n) is 14.7. The first kappa shape index (κ1) is 17.0. The fraction of sp³-hybridized carbons (Fsp3) is 0.529. The highest BCUT2D eigenvalue weighted by Gasteiger charge is 2.30. The number of nitrogens with one attached hydrogen (secondary N) is 2. The van der Waals surface area contributed by atoms with Crippen LogP contribution in [0.1, 0.15) is 12.8 Å². The lowest BCUT2D eigenvalue weighted by Gasteiger charge is -2.14. The highest BCUT2D eigenvalue weighted by molar-refractivity contribution is 6.76. The summed E-state index contributed by atoms with van der Waals surface area (Å²) in [6.45, 7) is 8.29. The number of aromatic nitrogens is 3. The van der Waals surface area contributed by atoms with Gasteiger partial charge in [-0.3, -0.25) is 5.32 Å². The smallest absolute Gasteiger partial charge is 0.413 e. The van der Waals surface area contributed by atoms with Gasteiger partial charge in [0.2, 0.25) is 5.82 Å². The lowest BCUT2D eigenvalue weighted by molar-refractivity contribution is -0.769. The summed E-state index contributed by atoms with van der Waals surface area (Å²) in [7, 11) is -1.08. The largest absolute Gasteiger partial charge is 0.508 e. The molecule has 0 saturated heterocycles. The molecular weight excluding hydrogens is 320 g/mol. The summed E-state index contributed by atoms with van der Waals surface area (Å²) >= 11 is 0. The van der Waals surface area contributed by atoms with Crippen molar-refractivity contribution in [3.8, 4) is 17.1 Å². The van der Waals surface area contributed by atoms with E-state index in [-0.39, 0.29) is 5.75 Å². The quantitative estimate of drug-likeness (QED) is 0.390. The molecule has 0 atom stereocenters. The van der Waals surface area contributed by atoms with Gasteiger partial charge in [-0.1, -0.05) is 19.6 Å². The monoisotopic (exact) mass is 347 g/mol. The summed E-state index contributed by atoms with van der Waals surface area (Å²) in [6.07, 6.45) is 2.38. The Morgan fingerprint density at radius 2 is 2.00 bits per heavy atom. The number of rotatable bonds is 8. The van der Waals surface area contributed by atoms with Crippen molar-refractivity contribution in [3.05, 3.63) is 24.3 Å². The zero-order chi connectivity index (χ0) is 17.2. The summed E-state index contributed by atoms with van der Waals surface area (Å²) in [5, 5.41) is 16.2. The van der Waals surface area contributed by atoms with E-state index in [1.54, 1.807) is 12.1 Å². The number of ether oxygens (including phenoxy) is 1. The molecule has 0 amide bonds. The molecule has 0 radical (unpaired) electrons. The van der Waals surface area contributed by atoms with Crippen molar-refractivity contribution in [1.82, 2.24) is 10.1 Å². The zero-order valence-corrected chi connectivity index (χ0v) is 15.7. The van der Waals surface area contributed by atoms with Crippen LogP contribution >= 0.6 is 0 Å². The van der Waals surface area contributed by atoms with E-state index >= 15 is 0 Å². The molecule has 1 aromatic carbocycles. The van der Waals surface area contributed by atoms with E-state index in [0.29, 0.717) is 12.8 Å². The molecule has 1 fully saturated rings. The van der Waals surface area contributed by atoms with Gasteiger partial charge in [0.15, 0.2) is 6.73 Å². The Labute approximate surface area is 143 Å². The van der Waals surface area contributed by atoms with Gasteiger partial charge in [0.25, 0.3) is 0 Å². The second-order valence-electron chi connectivity index (χ2n) is 7.64. The molecule has 0 unspecified atom stereocenters. The van der Waals surface area contributed by atoms with E-state index < -0.39 is 8.07 Å². The van der Waals surface area contributed by atoms with Crippen LogP contribution in [0.3, 0.4) is 0 Å². The first-order chi connectivity index (χ1) is 11.4. The molecule has 1 aliphatic rings. The van der Waals surface area contributed by atoms with Crippen molar-refractivity contribution >= 4 is 14.0 Å². The third kappa shape index (κ3) is 4.81. The number of phenols is 1. The Balaban J connectivity index is 1.70. The minimum absolute atomic E-state index is 0.254. The van der Waals surface area contributed by atoms with Crippen LogP contribution in [0.4, 0.5) is 5.95 Å². The van der Waals surface area contributed by atoms with Gasteiger partial charge < -0.3 is 9.84 Å². The van der Waals surface area contributed by atoms with Crippen molar-refractivity contribution in [2.75, 3.05) is 11.9 Å². The van der Waals surface area contributed by atoms with E-state index in [1.165, 1.54) is 12.8 Å². The molecule has 3 rings (SSSR count). The van der Waals surface area contributed by atoms with Crippen molar-refractivity contribution in [1.29, 1.82) is 0 Å². The number of anilines is 1. The van der Waals surface area contributed by atoms with Crippen molar-refractivity contribution < 1.29 is 14.5 Å². The van der Waals surface area contributed by atoms with Crippen LogP contribution in [0, 0.1) is 0 Å². The molecule has 130 valence electrons. The maximum Gasteiger partial charge on any atom is 0.413 e. The van der Waals surface area contributed by atoms with Gasteiger partial charge in [0.05, 0.1) is 6.04 Å². The SMILES string of the molecule is C[Si](C)(C)CCOC[n+]1[nH]c(-c2ccc(O)cc2)nc1NC1CC1. The number of benzene rings is 1. The minimum Gasteiger partial charge on any atom is -0.508 e. The molecule has 2 aromatic rings. The second-order valence-corrected chi connectivity index (χ2v) is 13.3. The first-order valence-electron chi connectivity index (χ1n) is 8.54. The van der Waals surface area contributed by atoms with Crippen LogP contribution in [0.15, 0.2) is 24.3 Å². The number of hydrogen-bond acceptors (Lipinski definition) is 4. The highest BCUT2D eigenvalue weighted by Crippen LogP contribution is 2.24. The van der Waals surface area contributed by atoms with E-state index in [9.17, 15) is 5.11 Å². The van der Waals surface area contributed by atoms with Crippen molar-refractivity contribution in [3.63, 3.8) is 0 Å². The molecule has 6 nitrogen and oxygen atoms in total. The molecule has 1 saturated carbocycles. The van der Waals surface area contributed by atoms with Crippen LogP contribution in [0.5, 0.6) is 5.75 Å². The summed E-state index contributed by atoms with van der Waals surface area (Å²) in [4.78, 5) is 4.66. The fourth-order valence-electron chi connectivity index (χ4n) is 2.27. The van der Waals surface area contributed by atoms with Gasteiger partial charge in [0, 0.05) is 20.2 Å². The second kappa shape index (κ2) is 6.94. The maximum atomic E-state index is 9.43. The van der Waals surface area contributed by atoms with Crippen LogP contribution in [0.25, 0.3) is 11.4 Å². The average Bonchev–Trinajstić information content (AvgIpc) is 3.23. The standard InChI is InChI=1S/C17H26N4O2Si/c1-24(2,3)11-10-23-12-21-17(18-14-6-7-14)19-16(20-21)13-4-8-15(22)9-5-13/h4-5,8-9,14H,6-7,10-12H2,1-3H3,(H2,18,19,20,22)/p+1. The normalized spacial score (nSPS) is 14.8. The number of nitrogens with zero attached hydrogens (tertiary/aromatic N) is 2. The molecule has 0 bridgehead atoms. The predicted octanol–water partition coefficient (Wildman–Crippen LogP) is 2.96. The van der Waals surface area contributed by atoms with E-state index in [2.05, 4.69) is 35.0 Å². The average molecular weight is 348 g/mol. The van der Waals surface area contributed by atoms with Gasteiger partial charge in [-0.15, -0.1) is 4.68 Å². The molecule has 3 N–H and O–H groups in total. The van der Waals surface area contributed by atoms with Crippen LogP contribution in [-0.2, 0) is 11.5 Å². The minimum atomic E-state index is -1.08. The number of phenolic OH excluding ortho intramolecular Hbond substituents is 1. The third-order valence-corrected chi connectivity index (χ3v) is 5.69. The summed E-state index contributed by atoms with van der Waals surface area (Å²) in [5.41, 5.74) is 0.937. The number of aromatic amines is 1. The highest BCUT2D eigenvalue weighted by atomic mass is 28.3. The Hall–Kier alpha value is -1.86. The molecule has 1 aromatic heterocycles. The summed E-state index contributed by atoms with van der Waals surface area (Å²) in [5.74, 6) is 1.84. The van der Waals surface area contributed by atoms with E-state index in [4.69, 9.17) is 4.74 Å². The van der Waals surface area contributed by atoms with Gasteiger partial charge in [0.1, 0.15) is 5.75 Å². The molecule has 7 heteroatoms. The number of H-pyrrole nitrogens is 1. The van der Waals surface area contributed by atoms with E-state index in [1.807, 2.05) is 16.8 Å².